The molecule has 0 aromatic carbocycles. The van der Waals surface area contributed by atoms with Gasteiger partial charge in [-0.25, -0.2) is 9.98 Å². The van der Waals surface area contributed by atoms with Gasteiger partial charge in [0.05, 0.1) is 12.4 Å². The SMILES string of the molecule is CCNC(=NCc1nc(-c2ccco2)n[nH]1)NCC1CCCO1.I. The van der Waals surface area contributed by atoms with Gasteiger partial charge in [0.15, 0.2) is 11.7 Å². The molecule has 8 nitrogen and oxygen atoms in total. The van der Waals surface area contributed by atoms with Crippen LogP contribution in [-0.2, 0) is 11.3 Å². The summed E-state index contributed by atoms with van der Waals surface area (Å²) in [6.07, 6.45) is 4.10. The highest BCUT2D eigenvalue weighted by atomic mass is 127. The van der Waals surface area contributed by atoms with Crippen molar-refractivity contribution in [2.45, 2.75) is 32.4 Å². The fourth-order valence-corrected chi connectivity index (χ4v) is 2.39. The van der Waals surface area contributed by atoms with Gasteiger partial charge in [-0.2, -0.15) is 0 Å². The molecule has 1 aliphatic rings. The van der Waals surface area contributed by atoms with Gasteiger partial charge in [0, 0.05) is 19.7 Å². The standard InChI is InChI=1S/C15H22N6O2.HI/c1-2-16-15(17-9-11-5-3-7-22-11)18-10-13-19-14(21-20-13)12-6-4-8-23-12;/h4,6,8,11H,2-3,5,7,9-10H2,1H3,(H2,16,17,18)(H,19,20,21);1H. The predicted octanol–water partition coefficient (Wildman–Crippen LogP) is 1.92. The van der Waals surface area contributed by atoms with Crippen LogP contribution in [0.3, 0.4) is 0 Å². The van der Waals surface area contributed by atoms with E-state index in [2.05, 4.69) is 30.8 Å². The van der Waals surface area contributed by atoms with Gasteiger partial charge in [0.2, 0.25) is 5.82 Å². The summed E-state index contributed by atoms with van der Waals surface area (Å²) in [4.78, 5) is 8.89. The Balaban J connectivity index is 0.00000208. The van der Waals surface area contributed by atoms with Crippen molar-refractivity contribution in [3.8, 4) is 11.6 Å². The largest absolute Gasteiger partial charge is 0.461 e. The van der Waals surface area contributed by atoms with Crippen molar-refractivity contribution in [3.63, 3.8) is 0 Å². The Morgan fingerprint density at radius 3 is 3.08 bits per heavy atom. The molecule has 3 heterocycles. The smallest absolute Gasteiger partial charge is 0.216 e. The Kier molecular flexibility index (Phi) is 7.50. The van der Waals surface area contributed by atoms with Crippen molar-refractivity contribution in [2.24, 2.45) is 4.99 Å². The molecule has 132 valence electrons. The summed E-state index contributed by atoms with van der Waals surface area (Å²) in [6, 6.07) is 3.63. The first kappa shape index (κ1) is 18.7. The van der Waals surface area contributed by atoms with E-state index in [4.69, 9.17) is 9.15 Å². The minimum atomic E-state index is 0. The third-order valence-electron chi connectivity index (χ3n) is 3.53. The zero-order chi connectivity index (χ0) is 15.9. The Labute approximate surface area is 157 Å². The van der Waals surface area contributed by atoms with Crippen LogP contribution in [-0.4, -0.2) is 46.9 Å². The van der Waals surface area contributed by atoms with Gasteiger partial charge in [-0.05, 0) is 31.9 Å². The maximum atomic E-state index is 5.60. The van der Waals surface area contributed by atoms with Crippen LogP contribution in [0.15, 0.2) is 27.8 Å². The molecule has 0 amide bonds. The number of hydrogen-bond acceptors (Lipinski definition) is 5. The van der Waals surface area contributed by atoms with Crippen LogP contribution in [0.25, 0.3) is 11.6 Å². The number of ether oxygens (including phenoxy) is 1. The quantitative estimate of drug-likeness (QED) is 0.356. The first-order valence-electron chi connectivity index (χ1n) is 7.94. The van der Waals surface area contributed by atoms with Crippen LogP contribution in [0.2, 0.25) is 0 Å². The van der Waals surface area contributed by atoms with E-state index in [1.165, 1.54) is 0 Å². The average molecular weight is 446 g/mol. The molecule has 3 N–H and O–H groups in total. The van der Waals surface area contributed by atoms with Crippen LogP contribution in [0.1, 0.15) is 25.6 Å². The Morgan fingerprint density at radius 2 is 2.38 bits per heavy atom. The minimum absolute atomic E-state index is 0. The lowest BCUT2D eigenvalue weighted by atomic mass is 10.2. The van der Waals surface area contributed by atoms with E-state index < -0.39 is 0 Å². The minimum Gasteiger partial charge on any atom is -0.461 e. The molecule has 0 radical (unpaired) electrons. The van der Waals surface area contributed by atoms with Gasteiger partial charge in [-0.15, -0.1) is 29.1 Å². The summed E-state index contributed by atoms with van der Waals surface area (Å²) in [6.45, 7) is 4.86. The van der Waals surface area contributed by atoms with Gasteiger partial charge in [0.1, 0.15) is 12.4 Å². The fourth-order valence-electron chi connectivity index (χ4n) is 2.39. The van der Waals surface area contributed by atoms with Crippen molar-refractivity contribution >= 4 is 29.9 Å². The predicted molar refractivity (Wildman–Crippen MR) is 101 cm³/mol. The molecule has 1 aliphatic heterocycles. The van der Waals surface area contributed by atoms with Crippen molar-refractivity contribution in [1.29, 1.82) is 0 Å². The second-order valence-electron chi connectivity index (χ2n) is 5.29. The first-order valence-corrected chi connectivity index (χ1v) is 7.94. The highest BCUT2D eigenvalue weighted by Gasteiger charge is 2.15. The third-order valence-corrected chi connectivity index (χ3v) is 3.53. The average Bonchev–Trinajstić information content (AvgIpc) is 3.32. The molecule has 0 aliphatic carbocycles. The number of hydrogen-bond donors (Lipinski definition) is 3. The number of guanidine groups is 1. The van der Waals surface area contributed by atoms with Crippen LogP contribution in [0.4, 0.5) is 0 Å². The molecule has 2 aromatic heterocycles. The molecular formula is C15H23IN6O2. The number of aliphatic imine (C=N–C) groups is 1. The highest BCUT2D eigenvalue weighted by molar-refractivity contribution is 14.0. The van der Waals surface area contributed by atoms with Crippen LogP contribution >= 0.6 is 24.0 Å². The summed E-state index contributed by atoms with van der Waals surface area (Å²) in [7, 11) is 0. The van der Waals surface area contributed by atoms with Crippen molar-refractivity contribution < 1.29 is 9.15 Å². The van der Waals surface area contributed by atoms with Crippen LogP contribution in [0, 0.1) is 0 Å². The maximum absolute atomic E-state index is 5.60. The zero-order valence-electron chi connectivity index (χ0n) is 13.6. The lowest BCUT2D eigenvalue weighted by Crippen LogP contribution is -2.41. The van der Waals surface area contributed by atoms with E-state index in [-0.39, 0.29) is 30.1 Å². The second-order valence-corrected chi connectivity index (χ2v) is 5.29. The Hall–Kier alpha value is -1.62. The summed E-state index contributed by atoms with van der Waals surface area (Å²) in [5.41, 5.74) is 0. The van der Waals surface area contributed by atoms with Crippen molar-refractivity contribution in [3.05, 3.63) is 24.2 Å². The van der Waals surface area contributed by atoms with E-state index in [1.807, 2.05) is 19.1 Å². The molecule has 24 heavy (non-hydrogen) atoms. The van der Waals surface area contributed by atoms with Gasteiger partial charge < -0.3 is 19.8 Å². The van der Waals surface area contributed by atoms with E-state index in [9.17, 15) is 0 Å². The lowest BCUT2D eigenvalue weighted by molar-refractivity contribution is 0.114. The number of nitrogens with one attached hydrogen (secondary N) is 3. The molecule has 3 rings (SSSR count). The number of aromatic nitrogens is 3. The molecule has 0 spiro atoms. The van der Waals surface area contributed by atoms with Crippen LogP contribution in [0.5, 0.6) is 0 Å². The fraction of sp³-hybridized carbons (Fsp3) is 0.533. The molecular weight excluding hydrogens is 423 g/mol. The monoisotopic (exact) mass is 446 g/mol. The highest BCUT2D eigenvalue weighted by Crippen LogP contribution is 2.14. The second kappa shape index (κ2) is 9.62. The maximum Gasteiger partial charge on any atom is 0.216 e. The summed E-state index contributed by atoms with van der Waals surface area (Å²) < 4.78 is 10.9. The summed E-state index contributed by atoms with van der Waals surface area (Å²) in [5.74, 6) is 2.61. The normalized spacial score (nSPS) is 17.5. The number of furan rings is 1. The van der Waals surface area contributed by atoms with Crippen LogP contribution < -0.4 is 10.6 Å². The summed E-state index contributed by atoms with van der Waals surface area (Å²) in [5, 5.41) is 13.5. The van der Waals surface area contributed by atoms with Gasteiger partial charge in [-0.3, -0.25) is 5.10 Å². The van der Waals surface area contributed by atoms with Gasteiger partial charge in [0.25, 0.3) is 0 Å². The van der Waals surface area contributed by atoms with E-state index >= 15 is 0 Å². The molecule has 9 heteroatoms. The Morgan fingerprint density at radius 1 is 1.46 bits per heavy atom. The first-order chi connectivity index (χ1) is 11.3. The Bertz CT molecular complexity index is 622. The zero-order valence-corrected chi connectivity index (χ0v) is 15.9. The molecule has 1 saturated heterocycles. The van der Waals surface area contributed by atoms with Gasteiger partial charge >= 0.3 is 0 Å². The summed E-state index contributed by atoms with van der Waals surface area (Å²) >= 11 is 0. The number of halogens is 1. The molecule has 0 bridgehead atoms. The molecule has 1 unspecified atom stereocenters. The molecule has 2 aromatic rings. The number of rotatable bonds is 6. The van der Waals surface area contributed by atoms with Gasteiger partial charge in [-0.1, -0.05) is 0 Å². The number of aromatic amines is 1. The molecule has 1 fully saturated rings. The number of H-pyrrole nitrogens is 1. The van der Waals surface area contributed by atoms with E-state index in [1.54, 1.807) is 6.26 Å². The van der Waals surface area contributed by atoms with E-state index in [0.717, 1.165) is 38.5 Å². The number of nitrogens with zero attached hydrogens (tertiary/aromatic N) is 3. The molecule has 0 saturated carbocycles. The molecule has 1 atom stereocenters. The van der Waals surface area contributed by atoms with Crippen molar-refractivity contribution in [1.82, 2.24) is 25.8 Å². The van der Waals surface area contributed by atoms with E-state index in [0.29, 0.717) is 24.0 Å². The third kappa shape index (κ3) is 5.20. The topological polar surface area (TPSA) is 100 Å². The lowest BCUT2D eigenvalue weighted by Gasteiger charge is -2.14. The van der Waals surface area contributed by atoms with Crippen molar-refractivity contribution in [2.75, 3.05) is 19.7 Å².